The highest BCUT2D eigenvalue weighted by Gasteiger charge is 2.11. The third-order valence-corrected chi connectivity index (χ3v) is 4.98. The highest BCUT2D eigenvalue weighted by Crippen LogP contribution is 2.20. The van der Waals surface area contributed by atoms with Gasteiger partial charge >= 0.3 is 0 Å². The van der Waals surface area contributed by atoms with E-state index in [4.69, 9.17) is 9.26 Å². The molecule has 8 heteroatoms. The number of carbonyl (C=O) groups excluding carboxylic acids is 1. The third kappa shape index (κ3) is 5.07. The molecule has 0 unspecified atom stereocenters. The number of aromatic nitrogens is 4. The van der Waals surface area contributed by atoms with E-state index in [0.29, 0.717) is 36.2 Å². The minimum absolute atomic E-state index is 0.146. The summed E-state index contributed by atoms with van der Waals surface area (Å²) in [5, 5.41) is 6.86. The number of nitrogens with one attached hydrogen (secondary N) is 1. The molecule has 0 atom stereocenters. The van der Waals surface area contributed by atoms with Gasteiger partial charge in [0.2, 0.25) is 17.6 Å². The number of benzene rings is 2. The maximum atomic E-state index is 12.4. The van der Waals surface area contributed by atoms with Crippen LogP contribution in [-0.4, -0.2) is 25.4 Å². The Labute approximate surface area is 189 Å². The van der Waals surface area contributed by atoms with Crippen LogP contribution < -0.4 is 10.1 Å². The summed E-state index contributed by atoms with van der Waals surface area (Å²) in [5.41, 5.74) is 3.22. The van der Waals surface area contributed by atoms with Gasteiger partial charge in [-0.1, -0.05) is 47.6 Å². The van der Waals surface area contributed by atoms with Gasteiger partial charge in [0.1, 0.15) is 18.0 Å². The van der Waals surface area contributed by atoms with Crippen LogP contribution >= 0.6 is 0 Å². The summed E-state index contributed by atoms with van der Waals surface area (Å²) < 4.78 is 13.1. The molecule has 164 valence electrons. The van der Waals surface area contributed by atoms with Gasteiger partial charge in [-0.25, -0.2) is 4.98 Å². The number of carbonyl (C=O) groups is 1. The maximum Gasteiger partial charge on any atom is 0.227 e. The van der Waals surface area contributed by atoms with Crippen LogP contribution in [0.4, 0.5) is 5.69 Å². The Bertz CT molecular complexity index is 1340. The molecule has 0 saturated carbocycles. The molecule has 0 aliphatic carbocycles. The van der Waals surface area contributed by atoms with Crippen molar-refractivity contribution in [3.63, 3.8) is 0 Å². The molecule has 0 radical (unpaired) electrons. The van der Waals surface area contributed by atoms with Crippen LogP contribution in [0.5, 0.6) is 5.75 Å². The first-order chi connectivity index (χ1) is 16.2. The molecule has 33 heavy (non-hydrogen) atoms. The lowest BCUT2D eigenvalue weighted by molar-refractivity contribution is -0.116. The molecule has 3 heterocycles. The fraction of sp³-hybridized carbons (Fsp3) is 0.120. The Hall–Kier alpha value is -4.46. The lowest BCUT2D eigenvalue weighted by atomic mass is 10.2. The lowest BCUT2D eigenvalue weighted by Gasteiger charge is -2.08. The minimum atomic E-state index is -0.146. The van der Waals surface area contributed by atoms with Gasteiger partial charge in [-0.15, -0.1) is 0 Å². The van der Waals surface area contributed by atoms with Crippen molar-refractivity contribution in [2.24, 2.45) is 0 Å². The molecular weight excluding hydrogens is 418 g/mol. The Morgan fingerprint density at radius 1 is 1.00 bits per heavy atom. The van der Waals surface area contributed by atoms with E-state index in [0.717, 1.165) is 16.9 Å². The zero-order chi connectivity index (χ0) is 22.5. The molecular formula is C25H21N5O3. The van der Waals surface area contributed by atoms with Crippen LogP contribution in [-0.2, 0) is 17.8 Å². The largest absolute Gasteiger partial charge is 0.487 e. The smallest absolute Gasteiger partial charge is 0.227 e. The highest BCUT2D eigenvalue weighted by atomic mass is 16.5. The van der Waals surface area contributed by atoms with Crippen LogP contribution in [0.15, 0.2) is 89.7 Å². The molecule has 3 aromatic heterocycles. The number of aryl methyl sites for hydroxylation is 1. The first kappa shape index (κ1) is 20.4. The van der Waals surface area contributed by atoms with Crippen molar-refractivity contribution in [1.29, 1.82) is 0 Å². The zero-order valence-electron chi connectivity index (χ0n) is 17.7. The molecule has 0 spiro atoms. The number of fused-ring (bicyclic) bond motifs is 1. The summed E-state index contributed by atoms with van der Waals surface area (Å²) in [6.07, 6.45) is 4.46. The molecule has 8 nitrogen and oxygen atoms in total. The molecule has 0 bridgehead atoms. The van der Waals surface area contributed by atoms with Crippen molar-refractivity contribution < 1.29 is 14.1 Å². The van der Waals surface area contributed by atoms with Gasteiger partial charge in [0.05, 0.1) is 5.69 Å². The lowest BCUT2D eigenvalue weighted by Crippen LogP contribution is -2.12. The fourth-order valence-electron chi connectivity index (χ4n) is 3.38. The third-order valence-electron chi connectivity index (χ3n) is 4.98. The van der Waals surface area contributed by atoms with Gasteiger partial charge in [-0.3, -0.25) is 4.79 Å². The Kier molecular flexibility index (Phi) is 5.79. The average molecular weight is 439 g/mol. The van der Waals surface area contributed by atoms with E-state index >= 15 is 0 Å². The number of ether oxygens (including phenoxy) is 1. The van der Waals surface area contributed by atoms with Crippen molar-refractivity contribution >= 4 is 17.2 Å². The fourth-order valence-corrected chi connectivity index (χ4v) is 3.38. The van der Waals surface area contributed by atoms with E-state index in [9.17, 15) is 4.79 Å². The zero-order valence-corrected chi connectivity index (χ0v) is 17.7. The SMILES string of the molecule is O=C(CCc1nc(-c2ccccc2)no1)Nc1cccc(OCc2cn3ccccc3n2)c1. The topological polar surface area (TPSA) is 94.5 Å². The van der Waals surface area contributed by atoms with E-state index in [2.05, 4.69) is 20.4 Å². The molecule has 0 aliphatic rings. The normalized spacial score (nSPS) is 10.9. The van der Waals surface area contributed by atoms with Gasteiger partial charge in [0.15, 0.2) is 0 Å². The number of hydrogen-bond donors (Lipinski definition) is 1. The van der Waals surface area contributed by atoms with Gasteiger partial charge in [0, 0.05) is 42.6 Å². The van der Waals surface area contributed by atoms with Crippen LogP contribution in [0.1, 0.15) is 18.0 Å². The van der Waals surface area contributed by atoms with Gasteiger partial charge in [-0.2, -0.15) is 4.98 Å². The summed E-state index contributed by atoms with van der Waals surface area (Å²) in [5.74, 6) is 1.44. The van der Waals surface area contributed by atoms with Crippen molar-refractivity contribution in [2.45, 2.75) is 19.4 Å². The maximum absolute atomic E-state index is 12.4. The standard InChI is InChI=1S/C25H21N5O3/c31-23(12-13-24-28-25(29-33-24)18-7-2-1-3-8-18)27-19-9-6-10-21(15-19)32-17-20-16-30-14-5-4-11-22(30)26-20/h1-11,14-16H,12-13,17H2,(H,27,31). The van der Waals surface area contributed by atoms with Crippen molar-refractivity contribution in [2.75, 3.05) is 5.32 Å². The van der Waals surface area contributed by atoms with Crippen LogP contribution in [0, 0.1) is 0 Å². The van der Waals surface area contributed by atoms with E-state index in [-0.39, 0.29) is 12.3 Å². The van der Waals surface area contributed by atoms with Gasteiger partial charge < -0.3 is 19.0 Å². The molecule has 0 saturated heterocycles. The molecule has 2 aromatic carbocycles. The van der Waals surface area contributed by atoms with E-state index < -0.39 is 0 Å². The summed E-state index contributed by atoms with van der Waals surface area (Å²) in [7, 11) is 0. The first-order valence-corrected chi connectivity index (χ1v) is 10.6. The highest BCUT2D eigenvalue weighted by molar-refractivity contribution is 5.90. The Morgan fingerprint density at radius 2 is 1.88 bits per heavy atom. The van der Waals surface area contributed by atoms with Gasteiger partial charge in [0.25, 0.3) is 0 Å². The second kappa shape index (κ2) is 9.35. The van der Waals surface area contributed by atoms with Crippen molar-refractivity contribution in [1.82, 2.24) is 19.5 Å². The predicted molar refractivity (Wildman–Crippen MR) is 123 cm³/mol. The second-order valence-corrected chi connectivity index (χ2v) is 7.44. The number of nitrogens with zero attached hydrogens (tertiary/aromatic N) is 4. The average Bonchev–Trinajstić information content (AvgIpc) is 3.49. The molecule has 0 fully saturated rings. The van der Waals surface area contributed by atoms with Gasteiger partial charge in [-0.05, 0) is 24.3 Å². The number of hydrogen-bond acceptors (Lipinski definition) is 6. The number of pyridine rings is 1. The molecule has 1 amide bonds. The summed E-state index contributed by atoms with van der Waals surface area (Å²) in [6, 6.07) is 22.7. The first-order valence-electron chi connectivity index (χ1n) is 10.6. The molecule has 0 aliphatic heterocycles. The molecule has 5 rings (SSSR count). The summed E-state index contributed by atoms with van der Waals surface area (Å²) >= 11 is 0. The monoisotopic (exact) mass is 439 g/mol. The summed E-state index contributed by atoms with van der Waals surface area (Å²) in [4.78, 5) is 21.3. The van der Waals surface area contributed by atoms with E-state index in [1.54, 1.807) is 6.07 Å². The van der Waals surface area contributed by atoms with Crippen molar-refractivity contribution in [3.05, 3.63) is 96.8 Å². The molecule has 5 aromatic rings. The van der Waals surface area contributed by atoms with E-state index in [1.807, 2.05) is 83.5 Å². The minimum Gasteiger partial charge on any atom is -0.487 e. The second-order valence-electron chi connectivity index (χ2n) is 7.44. The van der Waals surface area contributed by atoms with Crippen LogP contribution in [0.3, 0.4) is 0 Å². The Morgan fingerprint density at radius 3 is 2.76 bits per heavy atom. The van der Waals surface area contributed by atoms with Crippen LogP contribution in [0.2, 0.25) is 0 Å². The molecule has 1 N–H and O–H groups in total. The number of rotatable bonds is 8. The Balaban J connectivity index is 1.14. The number of imidazole rings is 1. The van der Waals surface area contributed by atoms with E-state index in [1.165, 1.54) is 0 Å². The number of amides is 1. The summed E-state index contributed by atoms with van der Waals surface area (Å²) in [6.45, 7) is 0.333. The predicted octanol–water partition coefficient (Wildman–Crippen LogP) is 4.53. The van der Waals surface area contributed by atoms with Crippen molar-refractivity contribution in [3.8, 4) is 17.1 Å². The van der Waals surface area contributed by atoms with Crippen LogP contribution in [0.25, 0.3) is 17.0 Å². The number of anilines is 1. The quantitative estimate of drug-likeness (QED) is 0.382.